The Hall–Kier alpha value is -2.51. The summed E-state index contributed by atoms with van der Waals surface area (Å²) in [5, 5.41) is 2.65. The molecular weight excluding hydrogens is 364 g/mol. The molecule has 0 radical (unpaired) electrons. The van der Waals surface area contributed by atoms with Crippen molar-refractivity contribution in [3.8, 4) is 0 Å². The summed E-state index contributed by atoms with van der Waals surface area (Å²) < 4.78 is 26.3. The summed E-state index contributed by atoms with van der Waals surface area (Å²) in [4.78, 5) is 24.4. The first kappa shape index (κ1) is 20.8. The van der Waals surface area contributed by atoms with Crippen LogP contribution in [0.1, 0.15) is 41.3 Å². The Morgan fingerprint density at radius 2 is 1.67 bits per heavy atom. The predicted molar refractivity (Wildman–Crippen MR) is 105 cm³/mol. The lowest BCUT2D eigenvalue weighted by Crippen LogP contribution is -2.20. The number of rotatable bonds is 8. The van der Waals surface area contributed by atoms with Crippen molar-refractivity contribution in [2.45, 2.75) is 38.0 Å². The quantitative estimate of drug-likeness (QED) is 0.680. The van der Waals surface area contributed by atoms with E-state index in [0.29, 0.717) is 16.8 Å². The number of Topliss-reactive ketones (excluding diaryl/α,β-unsaturated/α-hetero) is 1. The number of carbonyl (C=O) groups excluding carboxylic acids is 2. The third-order valence-corrected chi connectivity index (χ3v) is 5.85. The minimum atomic E-state index is -3.61. The number of aryl methyl sites for hydroxylation is 2. The van der Waals surface area contributed by atoms with Crippen molar-refractivity contribution in [3.05, 3.63) is 59.2 Å². The molecule has 0 aliphatic rings. The van der Waals surface area contributed by atoms with E-state index in [1.54, 1.807) is 31.2 Å². The van der Waals surface area contributed by atoms with Crippen molar-refractivity contribution in [2.75, 3.05) is 12.4 Å². The molecule has 0 heterocycles. The minimum absolute atomic E-state index is 0.0242. The Balaban J connectivity index is 1.99. The van der Waals surface area contributed by atoms with Gasteiger partial charge in [-0.1, -0.05) is 37.3 Å². The molecule has 0 saturated carbocycles. The average molecular weight is 388 g/mol. The van der Waals surface area contributed by atoms with Crippen LogP contribution in [0, 0.1) is 6.92 Å². The first-order valence-corrected chi connectivity index (χ1v) is 10.2. The van der Waals surface area contributed by atoms with Crippen molar-refractivity contribution in [2.24, 2.45) is 0 Å². The van der Waals surface area contributed by atoms with Crippen LogP contribution >= 0.6 is 0 Å². The zero-order valence-electron chi connectivity index (χ0n) is 15.7. The highest BCUT2D eigenvalue weighted by Crippen LogP contribution is 2.20. The first-order chi connectivity index (χ1) is 12.8. The lowest BCUT2D eigenvalue weighted by Gasteiger charge is -2.10. The van der Waals surface area contributed by atoms with E-state index in [-0.39, 0.29) is 29.4 Å². The van der Waals surface area contributed by atoms with Gasteiger partial charge in [-0.3, -0.25) is 9.59 Å². The molecule has 0 saturated heterocycles. The molecule has 27 heavy (non-hydrogen) atoms. The van der Waals surface area contributed by atoms with Crippen molar-refractivity contribution >= 4 is 27.4 Å². The van der Waals surface area contributed by atoms with Crippen LogP contribution in [0.2, 0.25) is 0 Å². The highest BCUT2D eigenvalue weighted by Gasteiger charge is 2.16. The third kappa shape index (κ3) is 5.48. The van der Waals surface area contributed by atoms with Gasteiger partial charge in [0.05, 0.1) is 4.90 Å². The van der Waals surface area contributed by atoms with Gasteiger partial charge >= 0.3 is 0 Å². The zero-order chi connectivity index (χ0) is 20.0. The van der Waals surface area contributed by atoms with Gasteiger partial charge in [-0.25, -0.2) is 13.1 Å². The number of amides is 1. The Bertz CT molecular complexity index is 935. The fourth-order valence-corrected chi connectivity index (χ4v) is 3.59. The SMILES string of the molecule is CCc1ccc(C(=O)CCC(=O)Nc2ccc(C)c(S(=O)(=O)NC)c2)cc1. The summed E-state index contributed by atoms with van der Waals surface area (Å²) in [5.41, 5.74) is 2.68. The molecule has 0 aliphatic heterocycles. The lowest BCUT2D eigenvalue weighted by molar-refractivity contribution is -0.116. The van der Waals surface area contributed by atoms with Gasteiger partial charge in [0.15, 0.2) is 5.78 Å². The molecule has 6 nitrogen and oxygen atoms in total. The molecule has 2 N–H and O–H groups in total. The second kappa shape index (κ2) is 8.92. The van der Waals surface area contributed by atoms with Crippen LogP contribution in [0.4, 0.5) is 5.69 Å². The maximum absolute atomic E-state index is 12.2. The number of hydrogen-bond acceptors (Lipinski definition) is 4. The first-order valence-electron chi connectivity index (χ1n) is 8.73. The largest absolute Gasteiger partial charge is 0.326 e. The van der Waals surface area contributed by atoms with Crippen LogP contribution in [-0.4, -0.2) is 27.2 Å². The van der Waals surface area contributed by atoms with Crippen molar-refractivity contribution < 1.29 is 18.0 Å². The van der Waals surface area contributed by atoms with Crippen LogP contribution in [0.25, 0.3) is 0 Å². The Morgan fingerprint density at radius 1 is 1.00 bits per heavy atom. The average Bonchev–Trinajstić information content (AvgIpc) is 2.67. The van der Waals surface area contributed by atoms with Crippen LogP contribution in [0.15, 0.2) is 47.4 Å². The highest BCUT2D eigenvalue weighted by atomic mass is 32.2. The summed E-state index contributed by atoms with van der Waals surface area (Å²) in [5.74, 6) is -0.444. The van der Waals surface area contributed by atoms with Gasteiger partial charge < -0.3 is 5.32 Å². The van der Waals surface area contributed by atoms with Gasteiger partial charge in [-0.2, -0.15) is 0 Å². The number of sulfonamides is 1. The summed E-state index contributed by atoms with van der Waals surface area (Å²) >= 11 is 0. The smallest absolute Gasteiger partial charge is 0.240 e. The van der Waals surface area contributed by atoms with Crippen LogP contribution < -0.4 is 10.0 Å². The molecule has 2 aromatic rings. The molecule has 0 bridgehead atoms. The third-order valence-electron chi connectivity index (χ3n) is 4.29. The van der Waals surface area contributed by atoms with E-state index in [2.05, 4.69) is 10.0 Å². The highest BCUT2D eigenvalue weighted by molar-refractivity contribution is 7.89. The minimum Gasteiger partial charge on any atom is -0.326 e. The van der Waals surface area contributed by atoms with Gasteiger partial charge in [0, 0.05) is 24.1 Å². The number of benzene rings is 2. The van der Waals surface area contributed by atoms with Crippen molar-refractivity contribution in [1.82, 2.24) is 4.72 Å². The topological polar surface area (TPSA) is 92.3 Å². The predicted octanol–water partition coefficient (Wildman–Crippen LogP) is 3.07. The zero-order valence-corrected chi connectivity index (χ0v) is 16.5. The number of carbonyl (C=O) groups is 2. The fourth-order valence-electron chi connectivity index (χ4n) is 2.60. The molecule has 0 spiro atoms. The van der Waals surface area contributed by atoms with Gasteiger partial charge in [0.25, 0.3) is 0 Å². The van der Waals surface area contributed by atoms with E-state index in [1.807, 2.05) is 19.1 Å². The Kier molecular flexibility index (Phi) is 6.87. The van der Waals surface area contributed by atoms with E-state index < -0.39 is 10.0 Å². The van der Waals surface area contributed by atoms with E-state index in [4.69, 9.17) is 0 Å². The van der Waals surface area contributed by atoms with Crippen molar-refractivity contribution in [3.63, 3.8) is 0 Å². The number of ketones is 1. The summed E-state index contributed by atoms with van der Waals surface area (Å²) in [6, 6.07) is 12.0. The molecule has 7 heteroatoms. The molecule has 2 rings (SSSR count). The van der Waals surface area contributed by atoms with Gasteiger partial charge in [-0.05, 0) is 43.7 Å². The monoisotopic (exact) mass is 388 g/mol. The maximum atomic E-state index is 12.2. The summed E-state index contributed by atoms with van der Waals surface area (Å²) in [6.45, 7) is 3.72. The van der Waals surface area contributed by atoms with Crippen molar-refractivity contribution in [1.29, 1.82) is 0 Å². The molecule has 0 unspecified atom stereocenters. The Labute approximate surface area is 160 Å². The molecule has 0 aliphatic carbocycles. The van der Waals surface area contributed by atoms with Crippen LogP contribution in [0.5, 0.6) is 0 Å². The standard InChI is InChI=1S/C20H24N2O4S/c1-4-15-6-8-16(9-7-15)18(23)11-12-20(24)22-17-10-5-14(2)19(13-17)27(25,26)21-3/h5-10,13,21H,4,11-12H2,1-3H3,(H,22,24). The molecule has 0 aromatic heterocycles. The Morgan fingerprint density at radius 3 is 2.26 bits per heavy atom. The van der Waals surface area contributed by atoms with E-state index >= 15 is 0 Å². The molecular formula is C20H24N2O4S. The number of nitrogens with one attached hydrogen (secondary N) is 2. The molecule has 1 amide bonds. The van der Waals surface area contributed by atoms with E-state index in [0.717, 1.165) is 12.0 Å². The van der Waals surface area contributed by atoms with Crippen LogP contribution in [0.3, 0.4) is 0 Å². The molecule has 2 aromatic carbocycles. The lowest BCUT2D eigenvalue weighted by atomic mass is 10.0. The number of anilines is 1. The second-order valence-corrected chi connectivity index (χ2v) is 8.06. The molecule has 0 fully saturated rings. The summed E-state index contributed by atoms with van der Waals surface area (Å²) in [6.07, 6.45) is 1.01. The van der Waals surface area contributed by atoms with Gasteiger partial charge in [-0.15, -0.1) is 0 Å². The van der Waals surface area contributed by atoms with Gasteiger partial charge in [0.2, 0.25) is 15.9 Å². The van der Waals surface area contributed by atoms with Crippen LogP contribution in [-0.2, 0) is 21.2 Å². The normalized spacial score (nSPS) is 11.2. The fraction of sp³-hybridized carbons (Fsp3) is 0.300. The van der Waals surface area contributed by atoms with E-state index in [1.165, 1.54) is 13.1 Å². The maximum Gasteiger partial charge on any atom is 0.240 e. The molecule has 144 valence electrons. The summed E-state index contributed by atoms with van der Waals surface area (Å²) in [7, 11) is -2.28. The molecule has 0 atom stereocenters. The van der Waals surface area contributed by atoms with E-state index in [9.17, 15) is 18.0 Å². The van der Waals surface area contributed by atoms with Gasteiger partial charge in [0.1, 0.15) is 0 Å². The number of hydrogen-bond donors (Lipinski definition) is 2. The second-order valence-electron chi connectivity index (χ2n) is 6.21.